The number of carboxylic acid groups (broad SMARTS) is 1. The summed E-state index contributed by atoms with van der Waals surface area (Å²) in [5, 5.41) is 11.3. The van der Waals surface area contributed by atoms with Gasteiger partial charge in [-0.1, -0.05) is 0 Å². The highest BCUT2D eigenvalue weighted by atomic mass is 16.4. The molecule has 2 aromatic rings. The fourth-order valence-electron chi connectivity index (χ4n) is 1.58. The van der Waals surface area contributed by atoms with Crippen molar-refractivity contribution >= 4 is 28.5 Å². The van der Waals surface area contributed by atoms with Gasteiger partial charge in [0.15, 0.2) is 0 Å². The maximum atomic E-state index is 11.1. The lowest BCUT2D eigenvalue weighted by molar-refractivity contribution is -0.147. The van der Waals surface area contributed by atoms with Gasteiger partial charge in [0.1, 0.15) is 5.58 Å². The summed E-state index contributed by atoms with van der Waals surface area (Å²) in [6.07, 6.45) is 0. The normalized spacial score (nSPS) is 10.3. The Balaban J connectivity index is 2.47. The Morgan fingerprint density at radius 3 is 2.67 bits per heavy atom. The molecule has 0 spiro atoms. The van der Waals surface area contributed by atoms with Crippen LogP contribution in [-0.4, -0.2) is 17.0 Å². The lowest BCUT2D eigenvalue weighted by atomic mass is 10.1. The molecule has 18 heavy (non-hydrogen) atoms. The second-order valence-corrected chi connectivity index (χ2v) is 3.72. The summed E-state index contributed by atoms with van der Waals surface area (Å²) in [4.78, 5) is 32.6. The van der Waals surface area contributed by atoms with Crippen LogP contribution in [-0.2, 0) is 9.59 Å². The van der Waals surface area contributed by atoms with Gasteiger partial charge in [-0.3, -0.25) is 4.79 Å². The summed E-state index contributed by atoms with van der Waals surface area (Å²) in [6.45, 7) is 1.72. The van der Waals surface area contributed by atoms with Gasteiger partial charge in [-0.05, 0) is 30.7 Å². The summed E-state index contributed by atoms with van der Waals surface area (Å²) in [7, 11) is 0. The lowest BCUT2D eigenvalue weighted by Crippen LogP contribution is -2.21. The van der Waals surface area contributed by atoms with Crippen LogP contribution in [0.3, 0.4) is 0 Å². The molecule has 0 saturated heterocycles. The zero-order valence-corrected chi connectivity index (χ0v) is 9.39. The first-order chi connectivity index (χ1) is 8.47. The van der Waals surface area contributed by atoms with Crippen LogP contribution in [0.1, 0.15) is 5.56 Å². The molecule has 0 saturated carbocycles. The molecule has 6 nitrogen and oxygen atoms in total. The number of amides is 1. The molecule has 0 unspecified atom stereocenters. The van der Waals surface area contributed by atoms with Crippen molar-refractivity contribution in [3.63, 3.8) is 0 Å². The molecule has 0 atom stereocenters. The Labute approximate surface area is 101 Å². The van der Waals surface area contributed by atoms with Crippen molar-refractivity contribution in [1.29, 1.82) is 0 Å². The van der Waals surface area contributed by atoms with E-state index < -0.39 is 17.5 Å². The van der Waals surface area contributed by atoms with Crippen LogP contribution in [0, 0.1) is 6.92 Å². The van der Waals surface area contributed by atoms with Crippen LogP contribution < -0.4 is 10.9 Å². The molecular weight excluding hydrogens is 238 g/mol. The van der Waals surface area contributed by atoms with E-state index in [0.717, 1.165) is 0 Å². The summed E-state index contributed by atoms with van der Waals surface area (Å²) >= 11 is 0. The van der Waals surface area contributed by atoms with Gasteiger partial charge in [0, 0.05) is 17.1 Å². The minimum atomic E-state index is -1.56. The number of carbonyl (C=O) groups is 2. The number of hydrogen-bond acceptors (Lipinski definition) is 4. The number of carbonyl (C=O) groups excluding carboxylic acids is 1. The zero-order chi connectivity index (χ0) is 13.3. The number of carboxylic acids is 1. The third-order valence-corrected chi connectivity index (χ3v) is 2.40. The van der Waals surface area contributed by atoms with Crippen LogP contribution in [0.25, 0.3) is 11.0 Å². The Kier molecular flexibility index (Phi) is 2.85. The van der Waals surface area contributed by atoms with Crippen molar-refractivity contribution in [1.82, 2.24) is 0 Å². The van der Waals surface area contributed by atoms with Crippen molar-refractivity contribution < 1.29 is 19.1 Å². The highest BCUT2D eigenvalue weighted by Gasteiger charge is 2.12. The van der Waals surface area contributed by atoms with Crippen LogP contribution in [0.4, 0.5) is 5.69 Å². The van der Waals surface area contributed by atoms with Crippen molar-refractivity contribution in [2.75, 3.05) is 5.32 Å². The molecule has 1 heterocycles. The number of anilines is 1. The molecule has 2 N–H and O–H groups in total. The minimum Gasteiger partial charge on any atom is -0.474 e. The van der Waals surface area contributed by atoms with Gasteiger partial charge in [0.25, 0.3) is 0 Å². The predicted molar refractivity (Wildman–Crippen MR) is 63.5 cm³/mol. The zero-order valence-electron chi connectivity index (χ0n) is 9.39. The van der Waals surface area contributed by atoms with Gasteiger partial charge >= 0.3 is 17.5 Å². The number of nitrogens with one attached hydrogen (secondary N) is 1. The summed E-state index contributed by atoms with van der Waals surface area (Å²) < 4.78 is 4.97. The van der Waals surface area contributed by atoms with E-state index in [1.165, 1.54) is 18.2 Å². The number of aliphatic carboxylic acids is 1. The van der Waals surface area contributed by atoms with Crippen LogP contribution in [0.2, 0.25) is 0 Å². The second kappa shape index (κ2) is 4.33. The van der Waals surface area contributed by atoms with E-state index in [9.17, 15) is 14.4 Å². The SMILES string of the molecule is Cc1cc(=O)oc2ccc(NC(=O)C(=O)O)cc12. The Morgan fingerprint density at radius 2 is 2.00 bits per heavy atom. The standard InChI is InChI=1S/C12H9NO5/c1-6-4-10(14)18-9-3-2-7(5-8(6)9)13-11(15)12(16)17/h2-5H,1H3,(H,13,15)(H,16,17). The van der Waals surface area contributed by atoms with Crippen molar-refractivity contribution in [3.8, 4) is 0 Å². The number of aryl methyl sites for hydroxylation is 1. The van der Waals surface area contributed by atoms with Gasteiger partial charge in [0.05, 0.1) is 0 Å². The molecule has 0 fully saturated rings. The number of hydrogen-bond donors (Lipinski definition) is 2. The summed E-state index contributed by atoms with van der Waals surface area (Å²) in [5.41, 5.74) is 0.940. The molecule has 0 radical (unpaired) electrons. The highest BCUT2D eigenvalue weighted by Crippen LogP contribution is 2.20. The average molecular weight is 247 g/mol. The largest absolute Gasteiger partial charge is 0.474 e. The van der Waals surface area contributed by atoms with E-state index in [4.69, 9.17) is 9.52 Å². The summed E-state index contributed by atoms with van der Waals surface area (Å²) in [5.74, 6) is -2.68. The number of fused-ring (bicyclic) bond motifs is 1. The lowest BCUT2D eigenvalue weighted by Gasteiger charge is -2.05. The Morgan fingerprint density at radius 1 is 1.28 bits per heavy atom. The van der Waals surface area contributed by atoms with Crippen LogP contribution >= 0.6 is 0 Å². The first-order valence-electron chi connectivity index (χ1n) is 5.06. The van der Waals surface area contributed by atoms with Gasteiger partial charge < -0.3 is 14.8 Å². The Hall–Kier alpha value is -2.63. The van der Waals surface area contributed by atoms with E-state index in [1.54, 1.807) is 13.0 Å². The third kappa shape index (κ3) is 2.22. The van der Waals surface area contributed by atoms with Crippen molar-refractivity contribution in [2.24, 2.45) is 0 Å². The van der Waals surface area contributed by atoms with Gasteiger partial charge in [0.2, 0.25) is 0 Å². The average Bonchev–Trinajstić information content (AvgIpc) is 2.29. The quantitative estimate of drug-likeness (QED) is 0.581. The molecule has 1 aromatic carbocycles. The molecule has 2 rings (SSSR count). The molecule has 1 aromatic heterocycles. The van der Waals surface area contributed by atoms with E-state index >= 15 is 0 Å². The first-order valence-corrected chi connectivity index (χ1v) is 5.06. The molecule has 0 aliphatic rings. The molecular formula is C12H9NO5. The van der Waals surface area contributed by atoms with Crippen molar-refractivity contribution in [3.05, 3.63) is 40.2 Å². The first kappa shape index (κ1) is 11.8. The Bertz CT molecular complexity index is 701. The molecule has 1 amide bonds. The van der Waals surface area contributed by atoms with Gasteiger partial charge in [-0.25, -0.2) is 9.59 Å². The van der Waals surface area contributed by atoms with E-state index in [2.05, 4.69) is 5.32 Å². The minimum absolute atomic E-state index is 0.326. The number of benzene rings is 1. The van der Waals surface area contributed by atoms with Crippen molar-refractivity contribution in [2.45, 2.75) is 6.92 Å². The molecule has 6 heteroatoms. The molecule has 0 aliphatic heterocycles. The summed E-state index contributed by atoms with van der Waals surface area (Å²) in [6, 6.07) is 5.84. The maximum Gasteiger partial charge on any atom is 0.394 e. The van der Waals surface area contributed by atoms with E-state index in [1.807, 2.05) is 0 Å². The fourth-order valence-corrected chi connectivity index (χ4v) is 1.58. The maximum absolute atomic E-state index is 11.1. The van der Waals surface area contributed by atoms with Crippen LogP contribution in [0.15, 0.2) is 33.5 Å². The van der Waals surface area contributed by atoms with Gasteiger partial charge in [-0.15, -0.1) is 0 Å². The smallest absolute Gasteiger partial charge is 0.394 e. The number of rotatable bonds is 1. The second-order valence-electron chi connectivity index (χ2n) is 3.72. The molecule has 92 valence electrons. The molecule has 0 aliphatic carbocycles. The fraction of sp³-hybridized carbons (Fsp3) is 0.0833. The third-order valence-electron chi connectivity index (χ3n) is 2.40. The van der Waals surface area contributed by atoms with Crippen LogP contribution in [0.5, 0.6) is 0 Å². The monoisotopic (exact) mass is 247 g/mol. The predicted octanol–water partition coefficient (Wildman–Crippen LogP) is 1.12. The topological polar surface area (TPSA) is 96.6 Å². The highest BCUT2D eigenvalue weighted by molar-refractivity contribution is 6.36. The van der Waals surface area contributed by atoms with E-state index in [-0.39, 0.29) is 0 Å². The van der Waals surface area contributed by atoms with Gasteiger partial charge in [-0.2, -0.15) is 0 Å². The van der Waals surface area contributed by atoms with E-state index in [0.29, 0.717) is 22.2 Å². The molecule has 0 bridgehead atoms.